The molecule has 27 heavy (non-hydrogen) atoms. The zero-order chi connectivity index (χ0) is 19.6. The van der Waals surface area contributed by atoms with Crippen LogP contribution in [0.2, 0.25) is 0 Å². The Morgan fingerprint density at radius 2 is 1.89 bits per heavy atom. The van der Waals surface area contributed by atoms with Gasteiger partial charge in [0.1, 0.15) is 11.3 Å². The third kappa shape index (κ3) is 4.15. The second-order valence-corrected chi connectivity index (χ2v) is 8.92. The van der Waals surface area contributed by atoms with Crippen LogP contribution < -0.4 is 4.74 Å². The molecule has 9 heteroatoms. The second kappa shape index (κ2) is 7.71. The average Bonchev–Trinajstić information content (AvgIpc) is 3.08. The fourth-order valence-corrected chi connectivity index (χ4v) is 3.96. The summed E-state index contributed by atoms with van der Waals surface area (Å²) in [5.74, 6) is 0.768. The molecular weight excluding hydrogens is 388 g/mol. The zero-order valence-corrected chi connectivity index (χ0v) is 16.6. The number of oxazole rings is 1. The predicted octanol–water partition coefficient (Wildman–Crippen LogP) is 3.06. The quantitative estimate of drug-likeness (QED) is 0.440. The number of nitrogens with zero attached hydrogens (tertiary/aromatic N) is 2. The topological polar surface area (TPSA) is 89.7 Å². The number of rotatable bonds is 7. The molecule has 0 fully saturated rings. The maximum Gasteiger partial charge on any atom is 0.257 e. The summed E-state index contributed by atoms with van der Waals surface area (Å²) in [6.07, 6.45) is 0. The Labute approximate surface area is 161 Å². The van der Waals surface area contributed by atoms with Gasteiger partial charge in [-0.15, -0.1) is 0 Å². The van der Waals surface area contributed by atoms with E-state index in [1.165, 1.54) is 26.2 Å². The Kier molecular flexibility index (Phi) is 5.54. The number of fused-ring (bicyclic) bond motifs is 1. The normalized spacial score (nSPS) is 11.9. The average molecular weight is 406 g/mol. The number of thioether (sulfide) groups is 1. The molecule has 0 aliphatic heterocycles. The number of carbonyl (C=O) groups is 1. The van der Waals surface area contributed by atoms with Crippen LogP contribution in [0, 0.1) is 0 Å². The number of Topliss-reactive ketones (excluding diaryl/α,β-unsaturated/α-hetero) is 1. The molecule has 142 valence electrons. The number of hydrogen-bond donors (Lipinski definition) is 0. The van der Waals surface area contributed by atoms with Crippen molar-refractivity contribution in [3.63, 3.8) is 0 Å². The van der Waals surface area contributed by atoms with Crippen LogP contribution in [0.5, 0.6) is 5.75 Å². The lowest BCUT2D eigenvalue weighted by molar-refractivity contribution is 0.102. The van der Waals surface area contributed by atoms with E-state index >= 15 is 0 Å². The van der Waals surface area contributed by atoms with Gasteiger partial charge in [-0.25, -0.2) is 17.7 Å². The van der Waals surface area contributed by atoms with E-state index in [9.17, 15) is 13.2 Å². The fraction of sp³-hybridized carbons (Fsp3) is 0.222. The fourth-order valence-electron chi connectivity index (χ4n) is 2.31. The van der Waals surface area contributed by atoms with Crippen molar-refractivity contribution in [3.8, 4) is 5.75 Å². The summed E-state index contributed by atoms with van der Waals surface area (Å²) < 4.78 is 36.2. The minimum absolute atomic E-state index is 0.0687. The van der Waals surface area contributed by atoms with Gasteiger partial charge in [-0.2, -0.15) is 0 Å². The number of methoxy groups -OCH3 is 1. The van der Waals surface area contributed by atoms with Gasteiger partial charge in [0, 0.05) is 19.7 Å². The Morgan fingerprint density at radius 3 is 2.52 bits per heavy atom. The van der Waals surface area contributed by atoms with Gasteiger partial charge in [0.05, 0.1) is 17.8 Å². The highest BCUT2D eigenvalue weighted by Gasteiger charge is 2.19. The highest BCUT2D eigenvalue weighted by molar-refractivity contribution is 7.99. The Bertz CT molecular complexity index is 1070. The molecule has 1 aromatic heterocycles. The van der Waals surface area contributed by atoms with Crippen molar-refractivity contribution in [1.29, 1.82) is 0 Å². The lowest BCUT2D eigenvalue weighted by Gasteiger charge is -2.10. The van der Waals surface area contributed by atoms with E-state index in [1.807, 2.05) is 0 Å². The first-order chi connectivity index (χ1) is 12.8. The molecule has 3 aromatic rings. The van der Waals surface area contributed by atoms with Crippen molar-refractivity contribution in [2.45, 2.75) is 10.1 Å². The summed E-state index contributed by atoms with van der Waals surface area (Å²) in [7, 11) is 0.952. The molecule has 2 aromatic carbocycles. The molecule has 0 N–H and O–H groups in total. The molecule has 0 saturated heterocycles. The van der Waals surface area contributed by atoms with Crippen molar-refractivity contribution < 1.29 is 22.4 Å². The van der Waals surface area contributed by atoms with Gasteiger partial charge >= 0.3 is 0 Å². The van der Waals surface area contributed by atoms with Gasteiger partial charge < -0.3 is 9.15 Å². The van der Waals surface area contributed by atoms with E-state index in [0.29, 0.717) is 27.6 Å². The summed E-state index contributed by atoms with van der Waals surface area (Å²) in [6.45, 7) is 0. The number of sulfonamides is 1. The predicted molar refractivity (Wildman–Crippen MR) is 103 cm³/mol. The summed E-state index contributed by atoms with van der Waals surface area (Å²) in [6, 6.07) is 11.4. The molecule has 0 unspecified atom stereocenters. The first kappa shape index (κ1) is 19.4. The van der Waals surface area contributed by atoms with E-state index in [0.717, 1.165) is 16.1 Å². The van der Waals surface area contributed by atoms with Crippen molar-refractivity contribution in [1.82, 2.24) is 9.29 Å². The van der Waals surface area contributed by atoms with Gasteiger partial charge in [0.25, 0.3) is 5.22 Å². The maximum atomic E-state index is 12.3. The molecule has 0 atom stereocenters. The summed E-state index contributed by atoms with van der Waals surface area (Å²) in [5, 5.41) is 0.311. The summed E-state index contributed by atoms with van der Waals surface area (Å²) in [4.78, 5) is 16.7. The molecule has 0 spiro atoms. The van der Waals surface area contributed by atoms with Crippen molar-refractivity contribution in [2.24, 2.45) is 0 Å². The molecule has 3 rings (SSSR count). The van der Waals surface area contributed by atoms with Crippen molar-refractivity contribution >= 4 is 38.7 Å². The zero-order valence-electron chi connectivity index (χ0n) is 15.0. The number of ketones is 1. The first-order valence-electron chi connectivity index (χ1n) is 7.94. The van der Waals surface area contributed by atoms with Gasteiger partial charge in [-0.3, -0.25) is 4.79 Å². The number of ether oxygens (including phenoxy) is 1. The minimum atomic E-state index is -3.55. The second-order valence-electron chi connectivity index (χ2n) is 5.84. The van der Waals surface area contributed by atoms with Crippen LogP contribution in [0.1, 0.15) is 10.4 Å². The van der Waals surface area contributed by atoms with Gasteiger partial charge in [-0.1, -0.05) is 11.8 Å². The third-order valence-corrected chi connectivity index (χ3v) is 6.50. The molecule has 0 aliphatic carbocycles. The monoisotopic (exact) mass is 406 g/mol. The highest BCUT2D eigenvalue weighted by atomic mass is 32.2. The summed E-state index contributed by atoms with van der Waals surface area (Å²) >= 11 is 1.16. The van der Waals surface area contributed by atoms with Crippen LogP contribution >= 0.6 is 11.8 Å². The number of benzene rings is 2. The van der Waals surface area contributed by atoms with E-state index in [4.69, 9.17) is 9.15 Å². The lowest BCUT2D eigenvalue weighted by Crippen LogP contribution is -2.22. The Balaban J connectivity index is 1.74. The summed E-state index contributed by atoms with van der Waals surface area (Å²) in [5.41, 5.74) is 1.46. The van der Waals surface area contributed by atoms with Crippen molar-refractivity contribution in [2.75, 3.05) is 27.0 Å². The lowest BCUT2D eigenvalue weighted by atomic mass is 10.1. The van der Waals surface area contributed by atoms with E-state index < -0.39 is 10.0 Å². The van der Waals surface area contributed by atoms with Gasteiger partial charge in [-0.05, 0) is 42.5 Å². The maximum absolute atomic E-state index is 12.3. The molecule has 0 saturated carbocycles. The third-order valence-electron chi connectivity index (χ3n) is 3.86. The molecular formula is C18H18N2O5S2. The number of hydrogen-bond acceptors (Lipinski definition) is 7. The SMILES string of the molecule is COc1ccc(C(=O)CSc2nc3cc(S(=O)(=O)N(C)C)ccc3o2)cc1. The Morgan fingerprint density at radius 1 is 1.19 bits per heavy atom. The molecule has 0 amide bonds. The minimum Gasteiger partial charge on any atom is -0.497 e. The van der Waals surface area contributed by atoms with Gasteiger partial charge in [0.2, 0.25) is 10.0 Å². The molecule has 1 heterocycles. The van der Waals surface area contributed by atoms with E-state index in [1.54, 1.807) is 37.4 Å². The standard InChI is InChI=1S/C18H18N2O5S2/c1-20(2)27(22,23)14-8-9-17-15(10-14)19-18(25-17)26-11-16(21)12-4-6-13(24-3)7-5-12/h4-10H,11H2,1-3H3. The van der Waals surface area contributed by atoms with Crippen LogP contribution in [0.15, 0.2) is 57.0 Å². The van der Waals surface area contributed by atoms with Gasteiger partial charge in [0.15, 0.2) is 11.4 Å². The number of aromatic nitrogens is 1. The molecule has 0 radical (unpaired) electrons. The van der Waals surface area contributed by atoms with Crippen molar-refractivity contribution in [3.05, 3.63) is 48.0 Å². The smallest absolute Gasteiger partial charge is 0.257 e. The van der Waals surface area contributed by atoms with Crippen LogP contribution in [-0.4, -0.2) is 50.4 Å². The molecule has 7 nitrogen and oxygen atoms in total. The van der Waals surface area contributed by atoms with E-state index in [2.05, 4.69) is 4.98 Å². The van der Waals surface area contributed by atoms with Crippen LogP contribution in [0.3, 0.4) is 0 Å². The first-order valence-corrected chi connectivity index (χ1v) is 10.4. The van der Waals surface area contributed by atoms with E-state index in [-0.39, 0.29) is 16.4 Å². The highest BCUT2D eigenvalue weighted by Crippen LogP contribution is 2.27. The molecule has 0 bridgehead atoms. The van der Waals surface area contributed by atoms with Crippen LogP contribution in [0.4, 0.5) is 0 Å². The van der Waals surface area contributed by atoms with Crippen LogP contribution in [0.25, 0.3) is 11.1 Å². The Hall–Kier alpha value is -2.36. The number of carbonyl (C=O) groups excluding carboxylic acids is 1. The molecule has 0 aliphatic rings. The largest absolute Gasteiger partial charge is 0.497 e. The van der Waals surface area contributed by atoms with Crippen LogP contribution in [-0.2, 0) is 10.0 Å².